The molecule has 1 atom stereocenters. The Bertz CT molecular complexity index is 583. The van der Waals surface area contributed by atoms with Gasteiger partial charge in [-0.25, -0.2) is 0 Å². The third kappa shape index (κ3) is 4.10. The standard InChI is InChI=1S/C18H25N3O2/c1-2-21-10-4-7-16(21)12-19-17(22)14-5-3-6-15(11-14)20-18(23)13-8-9-13/h3,5-6,11,13,16H,2,4,7-10,12H2,1H3,(H,19,22)(H,20,23). The highest BCUT2D eigenvalue weighted by Crippen LogP contribution is 2.30. The van der Waals surface area contributed by atoms with Crippen LogP contribution in [0.15, 0.2) is 24.3 Å². The van der Waals surface area contributed by atoms with Crippen molar-refractivity contribution in [3.8, 4) is 0 Å². The van der Waals surface area contributed by atoms with Crippen molar-refractivity contribution < 1.29 is 9.59 Å². The second-order valence-corrected chi connectivity index (χ2v) is 6.48. The molecule has 2 N–H and O–H groups in total. The number of carbonyl (C=O) groups is 2. The quantitative estimate of drug-likeness (QED) is 0.846. The van der Waals surface area contributed by atoms with Crippen LogP contribution in [0.2, 0.25) is 0 Å². The van der Waals surface area contributed by atoms with Gasteiger partial charge in [-0.05, 0) is 57.0 Å². The number of likely N-dealkylation sites (tertiary alicyclic amines) is 1. The summed E-state index contributed by atoms with van der Waals surface area (Å²) in [6.07, 6.45) is 4.30. The van der Waals surface area contributed by atoms with E-state index in [1.165, 1.54) is 6.42 Å². The number of hydrogen-bond acceptors (Lipinski definition) is 3. The van der Waals surface area contributed by atoms with Crippen molar-refractivity contribution in [1.29, 1.82) is 0 Å². The van der Waals surface area contributed by atoms with Crippen LogP contribution in [0.25, 0.3) is 0 Å². The number of rotatable bonds is 6. The smallest absolute Gasteiger partial charge is 0.251 e. The average Bonchev–Trinajstić information content (AvgIpc) is 3.32. The molecule has 1 aromatic rings. The van der Waals surface area contributed by atoms with Gasteiger partial charge in [0.15, 0.2) is 0 Å². The maximum absolute atomic E-state index is 12.3. The van der Waals surface area contributed by atoms with Gasteiger partial charge in [-0.1, -0.05) is 13.0 Å². The average molecular weight is 315 g/mol. The van der Waals surface area contributed by atoms with Gasteiger partial charge in [-0.15, -0.1) is 0 Å². The summed E-state index contributed by atoms with van der Waals surface area (Å²) in [4.78, 5) is 26.6. The molecule has 0 bridgehead atoms. The normalized spacial score (nSPS) is 21.2. The van der Waals surface area contributed by atoms with Crippen molar-refractivity contribution in [2.45, 2.75) is 38.6 Å². The first-order valence-corrected chi connectivity index (χ1v) is 8.60. The van der Waals surface area contributed by atoms with Gasteiger partial charge in [0.05, 0.1) is 0 Å². The van der Waals surface area contributed by atoms with Crippen LogP contribution >= 0.6 is 0 Å². The first-order chi connectivity index (χ1) is 11.2. The van der Waals surface area contributed by atoms with Crippen molar-refractivity contribution in [2.24, 2.45) is 5.92 Å². The van der Waals surface area contributed by atoms with Gasteiger partial charge in [-0.2, -0.15) is 0 Å². The summed E-state index contributed by atoms with van der Waals surface area (Å²) in [7, 11) is 0. The van der Waals surface area contributed by atoms with Gasteiger partial charge in [-0.3, -0.25) is 14.5 Å². The molecular weight excluding hydrogens is 290 g/mol. The first kappa shape index (κ1) is 16.0. The van der Waals surface area contributed by atoms with Gasteiger partial charge in [0.2, 0.25) is 5.91 Å². The predicted molar refractivity (Wildman–Crippen MR) is 90.4 cm³/mol. The second kappa shape index (κ2) is 7.13. The molecule has 1 saturated carbocycles. The van der Waals surface area contributed by atoms with Crippen molar-refractivity contribution in [2.75, 3.05) is 25.0 Å². The third-order valence-corrected chi connectivity index (χ3v) is 4.74. The summed E-state index contributed by atoms with van der Waals surface area (Å²) >= 11 is 0. The van der Waals surface area contributed by atoms with Crippen molar-refractivity contribution >= 4 is 17.5 Å². The van der Waals surface area contributed by atoms with Crippen LogP contribution in [0.3, 0.4) is 0 Å². The summed E-state index contributed by atoms with van der Waals surface area (Å²) < 4.78 is 0. The summed E-state index contributed by atoms with van der Waals surface area (Å²) in [6.45, 7) is 5.00. The van der Waals surface area contributed by atoms with E-state index in [4.69, 9.17) is 0 Å². The van der Waals surface area contributed by atoms with E-state index >= 15 is 0 Å². The highest BCUT2D eigenvalue weighted by molar-refractivity contribution is 5.98. The summed E-state index contributed by atoms with van der Waals surface area (Å²) in [5.74, 6) is 0.150. The maximum Gasteiger partial charge on any atom is 0.251 e. The fourth-order valence-corrected chi connectivity index (χ4v) is 3.18. The monoisotopic (exact) mass is 315 g/mol. The number of anilines is 1. The highest BCUT2D eigenvalue weighted by Gasteiger charge is 2.29. The lowest BCUT2D eigenvalue weighted by Gasteiger charge is -2.22. The Balaban J connectivity index is 1.55. The topological polar surface area (TPSA) is 61.4 Å². The Morgan fingerprint density at radius 1 is 1.26 bits per heavy atom. The molecule has 124 valence electrons. The Morgan fingerprint density at radius 2 is 2.09 bits per heavy atom. The summed E-state index contributed by atoms with van der Waals surface area (Å²) in [5, 5.41) is 5.91. The molecule has 1 heterocycles. The molecule has 0 aromatic heterocycles. The molecule has 5 heteroatoms. The highest BCUT2D eigenvalue weighted by atomic mass is 16.2. The molecule has 2 aliphatic rings. The minimum absolute atomic E-state index is 0.0621. The minimum atomic E-state index is -0.0736. The van der Waals surface area contributed by atoms with E-state index in [2.05, 4.69) is 22.5 Å². The zero-order valence-corrected chi connectivity index (χ0v) is 13.7. The number of nitrogens with one attached hydrogen (secondary N) is 2. The molecule has 0 radical (unpaired) electrons. The maximum atomic E-state index is 12.3. The summed E-state index contributed by atoms with van der Waals surface area (Å²) in [6, 6.07) is 7.62. The van der Waals surface area contributed by atoms with Gasteiger partial charge >= 0.3 is 0 Å². The molecule has 1 aliphatic carbocycles. The molecule has 5 nitrogen and oxygen atoms in total. The fourth-order valence-electron chi connectivity index (χ4n) is 3.18. The molecule has 3 rings (SSSR count). The van der Waals surface area contributed by atoms with Crippen LogP contribution in [0.4, 0.5) is 5.69 Å². The van der Waals surface area contributed by atoms with Crippen LogP contribution in [-0.4, -0.2) is 42.4 Å². The summed E-state index contributed by atoms with van der Waals surface area (Å²) in [5.41, 5.74) is 1.30. The van der Waals surface area contributed by atoms with E-state index in [1.807, 2.05) is 12.1 Å². The lowest BCUT2D eigenvalue weighted by molar-refractivity contribution is -0.117. The van der Waals surface area contributed by atoms with Gasteiger partial charge in [0.25, 0.3) is 5.91 Å². The molecule has 2 fully saturated rings. The molecule has 1 aromatic carbocycles. The van der Waals surface area contributed by atoms with Crippen molar-refractivity contribution in [1.82, 2.24) is 10.2 Å². The van der Waals surface area contributed by atoms with Gasteiger partial charge in [0.1, 0.15) is 0 Å². The van der Waals surface area contributed by atoms with E-state index in [0.29, 0.717) is 23.8 Å². The lowest BCUT2D eigenvalue weighted by Crippen LogP contribution is -2.40. The Labute approximate surface area is 137 Å². The SMILES string of the molecule is CCN1CCCC1CNC(=O)c1cccc(NC(=O)C2CC2)c1. The number of benzene rings is 1. The molecule has 23 heavy (non-hydrogen) atoms. The number of likely N-dealkylation sites (N-methyl/N-ethyl adjacent to an activating group) is 1. The van der Waals surface area contributed by atoms with Crippen LogP contribution < -0.4 is 10.6 Å². The molecular formula is C18H25N3O2. The van der Waals surface area contributed by atoms with E-state index in [0.717, 1.165) is 32.4 Å². The largest absolute Gasteiger partial charge is 0.350 e. The first-order valence-electron chi connectivity index (χ1n) is 8.60. The van der Waals surface area contributed by atoms with Crippen LogP contribution in [-0.2, 0) is 4.79 Å². The number of hydrogen-bond donors (Lipinski definition) is 2. The van der Waals surface area contributed by atoms with E-state index in [9.17, 15) is 9.59 Å². The minimum Gasteiger partial charge on any atom is -0.350 e. The number of carbonyl (C=O) groups excluding carboxylic acids is 2. The van der Waals surface area contributed by atoms with Gasteiger partial charge < -0.3 is 10.6 Å². The van der Waals surface area contributed by atoms with Crippen LogP contribution in [0.1, 0.15) is 43.0 Å². The Kier molecular flexibility index (Phi) is 4.96. The molecule has 1 saturated heterocycles. The van der Waals surface area contributed by atoms with Crippen LogP contribution in [0, 0.1) is 5.92 Å². The predicted octanol–water partition coefficient (Wildman–Crippen LogP) is 2.25. The Morgan fingerprint density at radius 3 is 2.83 bits per heavy atom. The Hall–Kier alpha value is -1.88. The lowest BCUT2D eigenvalue weighted by atomic mass is 10.1. The molecule has 0 spiro atoms. The van der Waals surface area contributed by atoms with Crippen LogP contribution in [0.5, 0.6) is 0 Å². The van der Waals surface area contributed by atoms with E-state index in [-0.39, 0.29) is 17.7 Å². The van der Waals surface area contributed by atoms with Gasteiger partial charge in [0, 0.05) is 29.8 Å². The molecule has 1 unspecified atom stereocenters. The van der Waals surface area contributed by atoms with Crippen molar-refractivity contribution in [3.63, 3.8) is 0 Å². The zero-order valence-electron chi connectivity index (χ0n) is 13.7. The van der Waals surface area contributed by atoms with E-state index < -0.39 is 0 Å². The van der Waals surface area contributed by atoms with Crippen molar-refractivity contribution in [3.05, 3.63) is 29.8 Å². The zero-order chi connectivity index (χ0) is 16.2. The number of amides is 2. The second-order valence-electron chi connectivity index (χ2n) is 6.48. The molecule has 1 aliphatic heterocycles. The van der Waals surface area contributed by atoms with E-state index in [1.54, 1.807) is 12.1 Å². The number of nitrogens with zero attached hydrogens (tertiary/aromatic N) is 1. The third-order valence-electron chi connectivity index (χ3n) is 4.74. The molecule has 2 amide bonds. The fraction of sp³-hybridized carbons (Fsp3) is 0.556.